The first kappa shape index (κ1) is 14.5. The molecular weight excluding hydrogens is 239 g/mol. The van der Waals surface area contributed by atoms with E-state index in [1.165, 1.54) is 50.9 Å². The Kier molecular flexibility index (Phi) is 5.80. The van der Waals surface area contributed by atoms with Crippen LogP contribution in [0.4, 0.5) is 4.39 Å². The van der Waals surface area contributed by atoms with Crippen molar-refractivity contribution in [3.63, 3.8) is 0 Å². The van der Waals surface area contributed by atoms with Gasteiger partial charge in [0, 0.05) is 12.6 Å². The number of hydrogen-bond donors (Lipinski definition) is 1. The van der Waals surface area contributed by atoms with Crippen LogP contribution in [0.15, 0.2) is 24.3 Å². The molecule has 19 heavy (non-hydrogen) atoms. The minimum atomic E-state index is -0.164. The maximum atomic E-state index is 12.7. The zero-order chi connectivity index (χ0) is 13.5. The summed E-state index contributed by atoms with van der Waals surface area (Å²) in [6, 6.07) is 7.48. The lowest BCUT2D eigenvalue weighted by atomic mass is 10.0. The summed E-state index contributed by atoms with van der Waals surface area (Å²) in [5, 5.41) is 3.43. The van der Waals surface area contributed by atoms with Crippen molar-refractivity contribution in [1.29, 1.82) is 0 Å². The predicted molar refractivity (Wildman–Crippen MR) is 77.6 cm³/mol. The van der Waals surface area contributed by atoms with E-state index >= 15 is 0 Å². The molecule has 1 aliphatic heterocycles. The van der Waals surface area contributed by atoms with Gasteiger partial charge in [-0.25, -0.2) is 4.39 Å². The molecule has 0 amide bonds. The van der Waals surface area contributed by atoms with Gasteiger partial charge in [0.2, 0.25) is 0 Å². The summed E-state index contributed by atoms with van der Waals surface area (Å²) in [6.45, 7) is 6.65. The summed E-state index contributed by atoms with van der Waals surface area (Å²) in [6.07, 6.45) is 5.28. The van der Waals surface area contributed by atoms with Crippen LogP contribution in [0.1, 0.15) is 38.2 Å². The molecule has 0 spiro atoms. The fourth-order valence-electron chi connectivity index (χ4n) is 2.73. The molecule has 2 rings (SSSR count). The smallest absolute Gasteiger partial charge is 0.123 e. The zero-order valence-electron chi connectivity index (χ0n) is 11.9. The molecule has 1 heterocycles. The van der Waals surface area contributed by atoms with Gasteiger partial charge in [-0.3, -0.25) is 0 Å². The normalized spacial score (nSPS) is 20.6. The average molecular weight is 264 g/mol. The molecule has 1 aliphatic rings. The Morgan fingerprint density at radius 1 is 1.26 bits per heavy atom. The Labute approximate surface area is 116 Å². The standard InChI is InChI=1S/C16H25FN2/c1-14-5-2-3-11-19(14)12-4-10-18-13-15-6-8-16(17)9-7-15/h6-9,14,18H,2-5,10-13H2,1H3. The number of hydrogen-bond acceptors (Lipinski definition) is 2. The van der Waals surface area contributed by atoms with Gasteiger partial charge in [-0.15, -0.1) is 0 Å². The zero-order valence-corrected chi connectivity index (χ0v) is 11.9. The molecule has 0 saturated carbocycles. The molecule has 1 saturated heterocycles. The van der Waals surface area contributed by atoms with Crippen LogP contribution in [0.2, 0.25) is 0 Å². The molecule has 3 heteroatoms. The van der Waals surface area contributed by atoms with Crippen molar-refractivity contribution < 1.29 is 4.39 Å². The maximum absolute atomic E-state index is 12.7. The molecule has 0 bridgehead atoms. The molecule has 0 aliphatic carbocycles. The number of likely N-dealkylation sites (tertiary alicyclic amines) is 1. The second-order valence-corrected chi connectivity index (χ2v) is 5.54. The van der Waals surface area contributed by atoms with Crippen LogP contribution < -0.4 is 5.32 Å². The Morgan fingerprint density at radius 3 is 2.79 bits per heavy atom. The lowest BCUT2D eigenvalue weighted by Crippen LogP contribution is -2.38. The van der Waals surface area contributed by atoms with Gasteiger partial charge < -0.3 is 10.2 Å². The van der Waals surface area contributed by atoms with Gasteiger partial charge in [-0.2, -0.15) is 0 Å². The first-order valence-electron chi connectivity index (χ1n) is 7.45. The topological polar surface area (TPSA) is 15.3 Å². The fourth-order valence-corrected chi connectivity index (χ4v) is 2.73. The number of nitrogens with one attached hydrogen (secondary N) is 1. The van der Waals surface area contributed by atoms with E-state index in [2.05, 4.69) is 17.1 Å². The molecular formula is C16H25FN2. The molecule has 1 aromatic rings. The summed E-state index contributed by atoms with van der Waals surface area (Å²) in [7, 11) is 0. The van der Waals surface area contributed by atoms with Crippen molar-refractivity contribution in [3.05, 3.63) is 35.6 Å². The minimum Gasteiger partial charge on any atom is -0.313 e. The van der Waals surface area contributed by atoms with E-state index in [9.17, 15) is 4.39 Å². The summed E-state index contributed by atoms with van der Waals surface area (Å²) >= 11 is 0. The molecule has 1 atom stereocenters. The van der Waals surface area contributed by atoms with Gasteiger partial charge in [-0.05, 0) is 63.5 Å². The van der Waals surface area contributed by atoms with Crippen LogP contribution >= 0.6 is 0 Å². The van der Waals surface area contributed by atoms with Crippen LogP contribution in [0.25, 0.3) is 0 Å². The molecule has 1 fully saturated rings. The lowest BCUT2D eigenvalue weighted by Gasteiger charge is -2.33. The first-order chi connectivity index (χ1) is 9.25. The van der Waals surface area contributed by atoms with Crippen molar-refractivity contribution in [1.82, 2.24) is 10.2 Å². The number of rotatable bonds is 6. The third-order valence-electron chi connectivity index (χ3n) is 3.98. The fraction of sp³-hybridized carbons (Fsp3) is 0.625. The van der Waals surface area contributed by atoms with Crippen LogP contribution in [0.3, 0.4) is 0 Å². The van der Waals surface area contributed by atoms with Crippen molar-refractivity contribution in [2.24, 2.45) is 0 Å². The van der Waals surface area contributed by atoms with Crippen molar-refractivity contribution in [2.45, 2.75) is 45.2 Å². The molecule has 1 aromatic carbocycles. The highest BCUT2D eigenvalue weighted by Crippen LogP contribution is 2.16. The van der Waals surface area contributed by atoms with Crippen LogP contribution in [-0.2, 0) is 6.54 Å². The Hall–Kier alpha value is -0.930. The molecule has 1 N–H and O–H groups in total. The Bertz CT molecular complexity index is 364. The predicted octanol–water partition coefficient (Wildman–Crippen LogP) is 3.18. The average Bonchev–Trinajstić information content (AvgIpc) is 2.42. The van der Waals surface area contributed by atoms with E-state index in [0.29, 0.717) is 0 Å². The molecule has 2 nitrogen and oxygen atoms in total. The van der Waals surface area contributed by atoms with Crippen molar-refractivity contribution in [2.75, 3.05) is 19.6 Å². The molecule has 0 radical (unpaired) electrons. The number of benzene rings is 1. The second kappa shape index (κ2) is 7.61. The van der Waals surface area contributed by atoms with Crippen molar-refractivity contribution >= 4 is 0 Å². The van der Waals surface area contributed by atoms with E-state index in [4.69, 9.17) is 0 Å². The highest BCUT2D eigenvalue weighted by atomic mass is 19.1. The Balaban J connectivity index is 1.58. The summed E-state index contributed by atoms with van der Waals surface area (Å²) in [4.78, 5) is 2.60. The van der Waals surface area contributed by atoms with Crippen LogP contribution in [0.5, 0.6) is 0 Å². The van der Waals surface area contributed by atoms with Gasteiger partial charge in [0.1, 0.15) is 5.82 Å². The number of piperidine rings is 1. The third kappa shape index (κ3) is 4.92. The van der Waals surface area contributed by atoms with Gasteiger partial charge in [0.25, 0.3) is 0 Å². The monoisotopic (exact) mass is 264 g/mol. The first-order valence-corrected chi connectivity index (χ1v) is 7.45. The van der Waals surface area contributed by atoms with Gasteiger partial charge in [0.15, 0.2) is 0 Å². The van der Waals surface area contributed by atoms with E-state index in [1.54, 1.807) is 0 Å². The van der Waals surface area contributed by atoms with Gasteiger partial charge >= 0.3 is 0 Å². The highest BCUT2D eigenvalue weighted by Gasteiger charge is 2.16. The molecule has 0 aromatic heterocycles. The second-order valence-electron chi connectivity index (χ2n) is 5.54. The van der Waals surface area contributed by atoms with E-state index < -0.39 is 0 Å². The lowest BCUT2D eigenvalue weighted by molar-refractivity contribution is 0.159. The molecule has 106 valence electrons. The minimum absolute atomic E-state index is 0.164. The van der Waals surface area contributed by atoms with Crippen molar-refractivity contribution in [3.8, 4) is 0 Å². The quantitative estimate of drug-likeness (QED) is 0.794. The summed E-state index contributed by atoms with van der Waals surface area (Å²) in [5.41, 5.74) is 1.15. The number of nitrogens with zero attached hydrogens (tertiary/aromatic N) is 1. The van der Waals surface area contributed by atoms with E-state index in [-0.39, 0.29) is 5.82 Å². The maximum Gasteiger partial charge on any atom is 0.123 e. The largest absolute Gasteiger partial charge is 0.313 e. The van der Waals surface area contributed by atoms with E-state index in [1.807, 2.05) is 12.1 Å². The summed E-state index contributed by atoms with van der Waals surface area (Å²) < 4.78 is 12.7. The van der Waals surface area contributed by atoms with Gasteiger partial charge in [-0.1, -0.05) is 18.6 Å². The van der Waals surface area contributed by atoms with Crippen LogP contribution in [-0.4, -0.2) is 30.6 Å². The molecule has 1 unspecified atom stereocenters. The van der Waals surface area contributed by atoms with Crippen LogP contribution in [0, 0.1) is 5.82 Å². The summed E-state index contributed by atoms with van der Waals surface area (Å²) in [5.74, 6) is -0.164. The van der Waals surface area contributed by atoms with Gasteiger partial charge in [0.05, 0.1) is 0 Å². The number of halogens is 1. The van der Waals surface area contributed by atoms with E-state index in [0.717, 1.165) is 24.7 Å². The highest BCUT2D eigenvalue weighted by molar-refractivity contribution is 5.15. The Morgan fingerprint density at radius 2 is 2.05 bits per heavy atom. The SMILES string of the molecule is CC1CCCCN1CCCNCc1ccc(F)cc1. The third-order valence-corrected chi connectivity index (χ3v) is 3.98.